The fourth-order valence-corrected chi connectivity index (χ4v) is 2.05. The molecule has 1 rings (SSSR count). The molecule has 6 heteroatoms. The second-order valence-electron chi connectivity index (χ2n) is 4.90. The summed E-state index contributed by atoms with van der Waals surface area (Å²) >= 11 is 0. The van der Waals surface area contributed by atoms with Gasteiger partial charge in [-0.3, -0.25) is 4.79 Å². The van der Waals surface area contributed by atoms with E-state index in [1.807, 2.05) is 0 Å². The molecular weight excluding hydrogens is 298 g/mol. The van der Waals surface area contributed by atoms with Crippen molar-refractivity contribution in [3.63, 3.8) is 0 Å². The fraction of sp³-hybridized carbons (Fsp3) is 0.471. The van der Waals surface area contributed by atoms with Gasteiger partial charge in [-0.15, -0.1) is 0 Å². The molecule has 0 saturated heterocycles. The number of likely N-dealkylation sites (N-methyl/N-ethyl adjacent to an activating group) is 1. The molecular formula is C17H25NO5. The van der Waals surface area contributed by atoms with Gasteiger partial charge in [0.2, 0.25) is 11.7 Å². The summed E-state index contributed by atoms with van der Waals surface area (Å²) in [5, 5.41) is 0. The van der Waals surface area contributed by atoms with Gasteiger partial charge < -0.3 is 23.8 Å². The summed E-state index contributed by atoms with van der Waals surface area (Å²) in [5.41, 5.74) is 0.790. The van der Waals surface area contributed by atoms with E-state index in [0.717, 1.165) is 12.0 Å². The second-order valence-corrected chi connectivity index (χ2v) is 4.90. The number of ether oxygens (including phenoxy) is 4. The molecule has 0 aliphatic carbocycles. The average molecular weight is 323 g/mol. The van der Waals surface area contributed by atoms with Crippen molar-refractivity contribution in [2.45, 2.75) is 6.42 Å². The minimum atomic E-state index is -0.0742. The standard InChI is InChI=1S/C17H25NO5/c1-18(9-6-10-20-2)16(19)8-7-13-11-14(21-3)17(23-5)15(12-13)22-4/h7-8,11-12H,6,9-10H2,1-5H3/b8-7+. The van der Waals surface area contributed by atoms with Crippen molar-refractivity contribution in [3.05, 3.63) is 23.8 Å². The molecule has 1 amide bonds. The Bertz CT molecular complexity index is 517. The van der Waals surface area contributed by atoms with Gasteiger partial charge in [-0.05, 0) is 30.2 Å². The SMILES string of the molecule is COCCCN(C)C(=O)/C=C/c1cc(OC)c(OC)c(OC)c1. The summed E-state index contributed by atoms with van der Waals surface area (Å²) in [5.74, 6) is 1.55. The summed E-state index contributed by atoms with van der Waals surface area (Å²) < 4.78 is 20.8. The third kappa shape index (κ3) is 5.49. The third-order valence-corrected chi connectivity index (χ3v) is 3.32. The Morgan fingerprint density at radius 1 is 1.09 bits per heavy atom. The Hall–Kier alpha value is -2.21. The Morgan fingerprint density at radius 3 is 2.17 bits per heavy atom. The minimum absolute atomic E-state index is 0.0742. The van der Waals surface area contributed by atoms with Crippen molar-refractivity contribution in [2.24, 2.45) is 0 Å². The van der Waals surface area contributed by atoms with E-state index in [4.69, 9.17) is 18.9 Å². The molecule has 1 aromatic rings. The van der Waals surface area contributed by atoms with Gasteiger partial charge in [0.15, 0.2) is 11.5 Å². The van der Waals surface area contributed by atoms with E-state index in [-0.39, 0.29) is 5.91 Å². The predicted molar refractivity (Wildman–Crippen MR) is 89.3 cm³/mol. The van der Waals surface area contributed by atoms with Crippen LogP contribution < -0.4 is 14.2 Å². The number of benzene rings is 1. The molecule has 0 spiro atoms. The van der Waals surface area contributed by atoms with Gasteiger partial charge in [-0.25, -0.2) is 0 Å². The van der Waals surface area contributed by atoms with E-state index in [9.17, 15) is 4.79 Å². The van der Waals surface area contributed by atoms with Gasteiger partial charge in [0, 0.05) is 33.4 Å². The fourth-order valence-electron chi connectivity index (χ4n) is 2.05. The zero-order valence-corrected chi connectivity index (χ0v) is 14.4. The summed E-state index contributed by atoms with van der Waals surface area (Å²) in [6.07, 6.45) is 4.05. The number of amides is 1. The highest BCUT2D eigenvalue weighted by atomic mass is 16.5. The zero-order chi connectivity index (χ0) is 17.2. The van der Waals surface area contributed by atoms with Gasteiger partial charge in [0.25, 0.3) is 0 Å². The molecule has 0 atom stereocenters. The molecule has 0 bridgehead atoms. The lowest BCUT2D eigenvalue weighted by atomic mass is 10.1. The first kappa shape index (κ1) is 18.8. The van der Waals surface area contributed by atoms with E-state index in [0.29, 0.717) is 30.4 Å². The van der Waals surface area contributed by atoms with Gasteiger partial charge in [0.05, 0.1) is 21.3 Å². The van der Waals surface area contributed by atoms with Crippen LogP contribution >= 0.6 is 0 Å². The van der Waals surface area contributed by atoms with Crippen LogP contribution in [0.4, 0.5) is 0 Å². The summed E-state index contributed by atoms with van der Waals surface area (Å²) in [7, 11) is 8.07. The average Bonchev–Trinajstić information content (AvgIpc) is 2.58. The zero-order valence-electron chi connectivity index (χ0n) is 14.4. The van der Waals surface area contributed by atoms with Crippen LogP contribution in [0.25, 0.3) is 6.08 Å². The van der Waals surface area contributed by atoms with Gasteiger partial charge in [0.1, 0.15) is 0 Å². The van der Waals surface area contributed by atoms with Crippen LogP contribution in [0.3, 0.4) is 0 Å². The van der Waals surface area contributed by atoms with Crippen LogP contribution in [0.15, 0.2) is 18.2 Å². The number of carbonyl (C=O) groups excluding carboxylic acids is 1. The number of hydrogen-bond acceptors (Lipinski definition) is 5. The van der Waals surface area contributed by atoms with Crippen LogP contribution in [-0.2, 0) is 9.53 Å². The van der Waals surface area contributed by atoms with E-state index in [2.05, 4.69) is 0 Å². The summed E-state index contributed by atoms with van der Waals surface area (Å²) in [4.78, 5) is 13.7. The van der Waals surface area contributed by atoms with Crippen LogP contribution in [0, 0.1) is 0 Å². The summed E-state index contributed by atoms with van der Waals surface area (Å²) in [6, 6.07) is 3.58. The molecule has 128 valence electrons. The first-order valence-corrected chi connectivity index (χ1v) is 7.29. The number of hydrogen-bond donors (Lipinski definition) is 0. The van der Waals surface area contributed by atoms with Crippen molar-refractivity contribution in [3.8, 4) is 17.2 Å². The topological polar surface area (TPSA) is 57.2 Å². The highest BCUT2D eigenvalue weighted by Gasteiger charge is 2.12. The van der Waals surface area contributed by atoms with Gasteiger partial charge in [-0.1, -0.05) is 0 Å². The lowest BCUT2D eigenvalue weighted by Gasteiger charge is -2.15. The van der Waals surface area contributed by atoms with Gasteiger partial charge in [-0.2, -0.15) is 0 Å². The number of methoxy groups -OCH3 is 4. The second kappa shape index (κ2) is 9.74. The Morgan fingerprint density at radius 2 is 1.70 bits per heavy atom. The van der Waals surface area contributed by atoms with Crippen molar-refractivity contribution in [1.82, 2.24) is 4.90 Å². The molecule has 0 heterocycles. The number of rotatable bonds is 9. The predicted octanol–water partition coefficient (Wildman–Crippen LogP) is 2.22. The number of nitrogens with zero attached hydrogens (tertiary/aromatic N) is 1. The molecule has 0 aliphatic heterocycles. The molecule has 0 aromatic heterocycles. The third-order valence-electron chi connectivity index (χ3n) is 3.32. The smallest absolute Gasteiger partial charge is 0.246 e. The van der Waals surface area contributed by atoms with Crippen LogP contribution in [0.2, 0.25) is 0 Å². The van der Waals surface area contributed by atoms with E-state index >= 15 is 0 Å². The molecule has 6 nitrogen and oxygen atoms in total. The van der Waals surface area contributed by atoms with Crippen LogP contribution in [-0.4, -0.2) is 59.4 Å². The van der Waals surface area contributed by atoms with Crippen molar-refractivity contribution in [2.75, 3.05) is 48.6 Å². The Kier molecular flexibility index (Phi) is 7.97. The first-order chi connectivity index (χ1) is 11.1. The summed E-state index contributed by atoms with van der Waals surface area (Å²) in [6.45, 7) is 1.28. The normalized spacial score (nSPS) is 10.7. The Labute approximate surface area is 137 Å². The van der Waals surface area contributed by atoms with E-state index < -0.39 is 0 Å². The Balaban J connectivity index is 2.85. The molecule has 0 fully saturated rings. The highest BCUT2D eigenvalue weighted by molar-refractivity contribution is 5.91. The maximum absolute atomic E-state index is 12.1. The maximum Gasteiger partial charge on any atom is 0.246 e. The molecule has 0 saturated carbocycles. The molecule has 0 unspecified atom stereocenters. The number of carbonyl (C=O) groups is 1. The van der Waals surface area contributed by atoms with Crippen LogP contribution in [0.1, 0.15) is 12.0 Å². The lowest BCUT2D eigenvalue weighted by Crippen LogP contribution is -2.26. The minimum Gasteiger partial charge on any atom is -0.493 e. The van der Waals surface area contributed by atoms with E-state index in [1.165, 1.54) is 6.08 Å². The molecule has 0 N–H and O–H groups in total. The largest absolute Gasteiger partial charge is 0.493 e. The van der Waals surface area contributed by atoms with E-state index in [1.54, 1.807) is 58.6 Å². The van der Waals surface area contributed by atoms with Crippen molar-refractivity contribution in [1.29, 1.82) is 0 Å². The van der Waals surface area contributed by atoms with Crippen LogP contribution in [0.5, 0.6) is 17.2 Å². The highest BCUT2D eigenvalue weighted by Crippen LogP contribution is 2.38. The van der Waals surface area contributed by atoms with Gasteiger partial charge >= 0.3 is 0 Å². The molecule has 0 aliphatic rings. The monoisotopic (exact) mass is 323 g/mol. The molecule has 23 heavy (non-hydrogen) atoms. The lowest BCUT2D eigenvalue weighted by molar-refractivity contribution is -0.124. The van der Waals surface area contributed by atoms with Crippen molar-refractivity contribution >= 4 is 12.0 Å². The molecule has 1 aromatic carbocycles. The maximum atomic E-state index is 12.1. The quantitative estimate of drug-likeness (QED) is 0.515. The van der Waals surface area contributed by atoms with Crippen molar-refractivity contribution < 1.29 is 23.7 Å². The molecule has 0 radical (unpaired) electrons. The first-order valence-electron chi connectivity index (χ1n) is 7.29.